The molecule has 2 N–H and O–H groups in total. The molecule has 0 aliphatic carbocycles. The molecule has 0 aliphatic heterocycles. The van der Waals surface area contributed by atoms with Crippen LogP contribution in [0.1, 0.15) is 11.1 Å². The van der Waals surface area contributed by atoms with Crippen molar-refractivity contribution in [3.8, 4) is 0 Å². The van der Waals surface area contributed by atoms with E-state index in [2.05, 4.69) is 0 Å². The summed E-state index contributed by atoms with van der Waals surface area (Å²) in [7, 11) is 0. The molecule has 1 atom stereocenters. The highest BCUT2D eigenvalue weighted by molar-refractivity contribution is 5.72. The summed E-state index contributed by atoms with van der Waals surface area (Å²) in [5.41, 5.74) is 1.05. The van der Waals surface area contributed by atoms with Crippen molar-refractivity contribution in [2.24, 2.45) is 0 Å². The van der Waals surface area contributed by atoms with Crippen LogP contribution in [-0.4, -0.2) is 22.3 Å². The molecule has 0 fully saturated rings. The summed E-state index contributed by atoms with van der Waals surface area (Å²) >= 11 is 0. The minimum atomic E-state index is -1.55. The summed E-state index contributed by atoms with van der Waals surface area (Å²) in [4.78, 5) is 10.3. The van der Waals surface area contributed by atoms with Crippen molar-refractivity contribution in [1.82, 2.24) is 0 Å². The monoisotopic (exact) mass is 198 g/mol. The highest BCUT2D eigenvalue weighted by atomic mass is 19.1. The number of hydrogen-bond acceptors (Lipinski definition) is 2. The first-order chi connectivity index (χ1) is 6.50. The number of benzene rings is 1. The Labute approximate surface area is 80.8 Å². The van der Waals surface area contributed by atoms with Crippen LogP contribution in [-0.2, 0) is 11.2 Å². The largest absolute Gasteiger partial charge is 0.479 e. The Morgan fingerprint density at radius 3 is 2.79 bits per heavy atom. The summed E-state index contributed by atoms with van der Waals surface area (Å²) < 4.78 is 13.1. The maximum absolute atomic E-state index is 13.1. The molecule has 0 amide bonds. The van der Waals surface area contributed by atoms with Crippen LogP contribution in [0.2, 0.25) is 0 Å². The van der Waals surface area contributed by atoms with Gasteiger partial charge in [-0.3, -0.25) is 0 Å². The zero-order valence-corrected chi connectivity index (χ0v) is 7.70. The molecule has 4 heteroatoms. The number of aliphatic hydroxyl groups excluding tert-OH is 1. The van der Waals surface area contributed by atoms with E-state index in [9.17, 15) is 9.18 Å². The van der Waals surface area contributed by atoms with Crippen molar-refractivity contribution in [2.75, 3.05) is 0 Å². The molecule has 3 nitrogen and oxygen atoms in total. The first-order valence-electron chi connectivity index (χ1n) is 4.16. The van der Waals surface area contributed by atoms with Crippen LogP contribution >= 0.6 is 0 Å². The molecule has 1 unspecified atom stereocenters. The average molecular weight is 198 g/mol. The van der Waals surface area contributed by atoms with Crippen LogP contribution in [0.15, 0.2) is 18.2 Å². The number of carbonyl (C=O) groups is 1. The number of rotatable bonds is 3. The standard InChI is InChI=1S/C10H11FO3/c1-6-2-3-8(11)7(4-6)5-9(12)10(13)14/h2-4,9,12H,5H2,1H3,(H,13,14). The molecular weight excluding hydrogens is 187 g/mol. The van der Waals surface area contributed by atoms with Crippen LogP contribution < -0.4 is 0 Å². The van der Waals surface area contributed by atoms with E-state index in [-0.39, 0.29) is 12.0 Å². The maximum atomic E-state index is 13.1. The van der Waals surface area contributed by atoms with Crippen molar-refractivity contribution < 1.29 is 19.4 Å². The lowest BCUT2D eigenvalue weighted by molar-refractivity contribution is -0.146. The Kier molecular flexibility index (Phi) is 3.19. The van der Waals surface area contributed by atoms with Gasteiger partial charge >= 0.3 is 5.97 Å². The fourth-order valence-electron chi connectivity index (χ4n) is 1.16. The number of aliphatic hydroxyl groups is 1. The van der Waals surface area contributed by atoms with Crippen LogP contribution in [0.4, 0.5) is 4.39 Å². The van der Waals surface area contributed by atoms with Gasteiger partial charge in [-0.15, -0.1) is 0 Å². The van der Waals surface area contributed by atoms with Crippen molar-refractivity contribution in [2.45, 2.75) is 19.4 Å². The van der Waals surface area contributed by atoms with E-state index < -0.39 is 17.9 Å². The minimum Gasteiger partial charge on any atom is -0.479 e. The van der Waals surface area contributed by atoms with Gasteiger partial charge in [0.25, 0.3) is 0 Å². The third-order valence-corrected chi connectivity index (χ3v) is 1.90. The minimum absolute atomic E-state index is 0.206. The van der Waals surface area contributed by atoms with Crippen LogP contribution in [0.5, 0.6) is 0 Å². The second-order valence-electron chi connectivity index (χ2n) is 3.15. The smallest absolute Gasteiger partial charge is 0.332 e. The molecule has 1 rings (SSSR count). The highest BCUT2D eigenvalue weighted by Gasteiger charge is 2.15. The lowest BCUT2D eigenvalue weighted by atomic mass is 10.0. The topological polar surface area (TPSA) is 57.5 Å². The van der Waals surface area contributed by atoms with Crippen molar-refractivity contribution >= 4 is 5.97 Å². The van der Waals surface area contributed by atoms with Crippen molar-refractivity contribution in [1.29, 1.82) is 0 Å². The Morgan fingerprint density at radius 1 is 1.57 bits per heavy atom. The van der Waals surface area contributed by atoms with Crippen molar-refractivity contribution in [3.05, 3.63) is 35.1 Å². The van der Waals surface area contributed by atoms with E-state index in [0.29, 0.717) is 0 Å². The van der Waals surface area contributed by atoms with E-state index in [1.807, 2.05) is 0 Å². The molecule has 0 aromatic heterocycles. The second kappa shape index (κ2) is 4.19. The van der Waals surface area contributed by atoms with E-state index in [4.69, 9.17) is 10.2 Å². The van der Waals surface area contributed by atoms with Gasteiger partial charge in [-0.1, -0.05) is 17.7 Å². The number of carboxylic acid groups (broad SMARTS) is 1. The van der Waals surface area contributed by atoms with Crippen molar-refractivity contribution in [3.63, 3.8) is 0 Å². The van der Waals surface area contributed by atoms with Gasteiger partial charge in [0, 0.05) is 6.42 Å². The molecule has 0 saturated carbocycles. The quantitative estimate of drug-likeness (QED) is 0.765. The van der Waals surface area contributed by atoms with E-state index in [1.165, 1.54) is 12.1 Å². The predicted molar refractivity (Wildman–Crippen MR) is 48.5 cm³/mol. The van der Waals surface area contributed by atoms with Gasteiger partial charge in [-0.2, -0.15) is 0 Å². The number of aliphatic carboxylic acids is 1. The molecule has 0 bridgehead atoms. The number of carboxylic acids is 1. The summed E-state index contributed by atoms with van der Waals surface area (Å²) in [6.07, 6.45) is -1.76. The Morgan fingerprint density at radius 2 is 2.21 bits per heavy atom. The molecule has 0 radical (unpaired) electrons. The fourth-order valence-corrected chi connectivity index (χ4v) is 1.16. The zero-order valence-electron chi connectivity index (χ0n) is 7.70. The first-order valence-corrected chi connectivity index (χ1v) is 4.16. The molecule has 0 saturated heterocycles. The van der Waals surface area contributed by atoms with E-state index in [1.54, 1.807) is 13.0 Å². The third kappa shape index (κ3) is 2.53. The van der Waals surface area contributed by atoms with Gasteiger partial charge < -0.3 is 10.2 Å². The summed E-state index contributed by atoms with van der Waals surface area (Å²) in [5.74, 6) is -1.83. The SMILES string of the molecule is Cc1ccc(F)c(CC(O)C(=O)O)c1. The fraction of sp³-hybridized carbons (Fsp3) is 0.300. The summed E-state index contributed by atoms with van der Waals surface area (Å²) in [6.45, 7) is 1.77. The molecule has 76 valence electrons. The summed E-state index contributed by atoms with van der Waals surface area (Å²) in [5, 5.41) is 17.5. The van der Waals surface area contributed by atoms with E-state index in [0.717, 1.165) is 5.56 Å². The Hall–Kier alpha value is -1.42. The molecule has 1 aromatic rings. The van der Waals surface area contributed by atoms with Crippen LogP contribution in [0, 0.1) is 12.7 Å². The van der Waals surface area contributed by atoms with Gasteiger partial charge in [-0.05, 0) is 18.6 Å². The molecular formula is C10H11FO3. The molecule has 0 heterocycles. The number of aryl methyl sites for hydroxylation is 1. The average Bonchev–Trinajstić information content (AvgIpc) is 2.11. The second-order valence-corrected chi connectivity index (χ2v) is 3.15. The molecule has 0 aliphatic rings. The van der Waals surface area contributed by atoms with Gasteiger partial charge in [0.1, 0.15) is 5.82 Å². The lowest BCUT2D eigenvalue weighted by Crippen LogP contribution is -2.22. The van der Waals surface area contributed by atoms with Gasteiger partial charge in [0.2, 0.25) is 0 Å². The normalized spacial score (nSPS) is 12.5. The van der Waals surface area contributed by atoms with E-state index >= 15 is 0 Å². The predicted octanol–water partition coefficient (Wildman–Crippen LogP) is 1.12. The third-order valence-electron chi connectivity index (χ3n) is 1.90. The Balaban J connectivity index is 2.85. The van der Waals surface area contributed by atoms with Gasteiger partial charge in [-0.25, -0.2) is 9.18 Å². The van der Waals surface area contributed by atoms with Gasteiger partial charge in [0.05, 0.1) is 0 Å². The number of hydrogen-bond donors (Lipinski definition) is 2. The Bertz CT molecular complexity index is 349. The molecule has 1 aromatic carbocycles. The highest BCUT2D eigenvalue weighted by Crippen LogP contribution is 2.12. The zero-order chi connectivity index (χ0) is 10.7. The maximum Gasteiger partial charge on any atom is 0.332 e. The van der Waals surface area contributed by atoms with Crippen LogP contribution in [0.25, 0.3) is 0 Å². The lowest BCUT2D eigenvalue weighted by Gasteiger charge is -2.07. The molecule has 0 spiro atoms. The number of halogens is 1. The van der Waals surface area contributed by atoms with Gasteiger partial charge in [0.15, 0.2) is 6.10 Å². The molecule has 14 heavy (non-hydrogen) atoms. The first kappa shape index (κ1) is 10.7. The summed E-state index contributed by atoms with van der Waals surface area (Å²) in [6, 6.07) is 4.38. The van der Waals surface area contributed by atoms with Crippen LogP contribution in [0.3, 0.4) is 0 Å².